The number of amides is 5. The Labute approximate surface area is 349 Å². The molecule has 3 aliphatic heterocycles. The number of methoxy groups -OCH3 is 2. The largest absolute Gasteiger partial charge is 0.453 e. The van der Waals surface area contributed by atoms with E-state index in [0.717, 1.165) is 50.8 Å². The Kier molecular flexibility index (Phi) is 12.2. The van der Waals surface area contributed by atoms with Gasteiger partial charge in [0.15, 0.2) is 5.78 Å². The van der Waals surface area contributed by atoms with Gasteiger partial charge >= 0.3 is 12.2 Å². The summed E-state index contributed by atoms with van der Waals surface area (Å²) in [7, 11) is 2.50. The van der Waals surface area contributed by atoms with Crippen molar-refractivity contribution >= 4 is 57.3 Å². The second kappa shape index (κ2) is 17.4. The van der Waals surface area contributed by atoms with Crippen LogP contribution in [-0.2, 0) is 36.7 Å². The lowest BCUT2D eigenvalue weighted by Crippen LogP contribution is -2.54. The fraction of sp³-hybridized carbons (Fsp3) is 0.372. The van der Waals surface area contributed by atoms with E-state index in [4.69, 9.17) is 9.47 Å². The molecule has 1 saturated heterocycles. The van der Waals surface area contributed by atoms with Gasteiger partial charge in [0.05, 0.1) is 44.4 Å². The number of rotatable bonds is 11. The molecule has 0 spiro atoms. The zero-order valence-electron chi connectivity index (χ0n) is 33.2. The van der Waals surface area contributed by atoms with Crippen LogP contribution in [0.2, 0.25) is 0 Å². The van der Waals surface area contributed by atoms with Gasteiger partial charge in [0.25, 0.3) is 0 Å². The molecule has 7 rings (SSSR count). The van der Waals surface area contributed by atoms with Crippen LogP contribution in [0.4, 0.5) is 15.3 Å². The van der Waals surface area contributed by atoms with Crippen molar-refractivity contribution in [1.82, 2.24) is 30.8 Å². The molecule has 1 fully saturated rings. The van der Waals surface area contributed by atoms with E-state index in [9.17, 15) is 28.8 Å². The summed E-state index contributed by atoms with van der Waals surface area (Å²) < 4.78 is 10.3. The SMILES string of the molecule is COC(=O)N[C@H]1CCc2cc(Br)cc3c2N(C1=O)[C@H](C(=O)NCC(=O)c1ccc(-c2ccc(-c4cnc([C@H]5CCCN5C(=O)[C@H](NC(=O)OC)C(C)C)[nH]4)cc2)cc1)C3. The van der Waals surface area contributed by atoms with Crippen LogP contribution in [0.5, 0.6) is 0 Å². The fourth-order valence-electron chi connectivity index (χ4n) is 8.15. The molecule has 3 aliphatic rings. The molecule has 0 unspecified atom stereocenters. The topological polar surface area (TPSA) is 192 Å². The highest BCUT2D eigenvalue weighted by atomic mass is 79.9. The lowest BCUT2D eigenvalue weighted by molar-refractivity contribution is -0.135. The van der Waals surface area contributed by atoms with E-state index < -0.39 is 42.1 Å². The Hall–Kier alpha value is -6.03. The van der Waals surface area contributed by atoms with Gasteiger partial charge in [-0.1, -0.05) is 78.3 Å². The van der Waals surface area contributed by atoms with E-state index >= 15 is 0 Å². The lowest BCUT2D eigenvalue weighted by atomic mass is 10.0. The highest BCUT2D eigenvalue weighted by molar-refractivity contribution is 9.10. The summed E-state index contributed by atoms with van der Waals surface area (Å²) in [4.78, 5) is 89.4. The molecule has 0 radical (unpaired) electrons. The maximum atomic E-state index is 13.7. The Bertz CT molecular complexity index is 2280. The highest BCUT2D eigenvalue weighted by Gasteiger charge is 2.44. The van der Waals surface area contributed by atoms with Crippen LogP contribution in [0, 0.1) is 5.92 Å². The Morgan fingerprint density at radius 3 is 2.25 bits per heavy atom. The Balaban J connectivity index is 0.972. The number of hydrogen-bond donors (Lipinski definition) is 4. The number of Topliss-reactive ketones (excluding diaryl/α,β-unsaturated/α-hetero) is 1. The third kappa shape index (κ3) is 8.58. The minimum absolute atomic E-state index is 0.130. The first kappa shape index (κ1) is 41.1. The number of ketones is 1. The quantitative estimate of drug-likeness (QED) is 0.142. The van der Waals surface area contributed by atoms with Gasteiger partial charge < -0.3 is 35.3 Å². The van der Waals surface area contributed by atoms with Crippen LogP contribution < -0.4 is 20.9 Å². The zero-order valence-corrected chi connectivity index (χ0v) is 34.8. The van der Waals surface area contributed by atoms with Gasteiger partial charge in [0.1, 0.15) is 23.9 Å². The molecule has 4 N–H and O–H groups in total. The summed E-state index contributed by atoms with van der Waals surface area (Å²) in [5.74, 6) is -0.781. The Morgan fingerprint density at radius 2 is 1.58 bits per heavy atom. The third-order valence-electron chi connectivity index (χ3n) is 11.2. The molecule has 0 saturated carbocycles. The molecular weight excluding hydrogens is 822 g/mol. The van der Waals surface area contributed by atoms with Crippen molar-refractivity contribution in [2.75, 3.05) is 32.2 Å². The summed E-state index contributed by atoms with van der Waals surface area (Å²) >= 11 is 3.54. The van der Waals surface area contributed by atoms with Crippen LogP contribution in [0.3, 0.4) is 0 Å². The second-order valence-corrected chi connectivity index (χ2v) is 16.2. The van der Waals surface area contributed by atoms with E-state index in [2.05, 4.69) is 41.8 Å². The normalized spacial score (nSPS) is 18.8. The standard InChI is InChI=1S/C43H46BrN7O8/c1-23(2)36(49-43(57)59-4)41(55)50-17-5-6-33(50)38-45-21-32(47-38)26-11-7-24(8-12-26)25-9-13-27(14-10-25)35(52)22-46-39(53)34-20-29-19-30(44)18-28-15-16-31(48-42(56)58-3)40(54)51(34)37(28)29/h7-14,18-19,21,23,31,33-34,36H,5-6,15-17,20,22H2,1-4H3,(H,45,47)(H,46,53)(H,48,56)(H,49,57)/t31-,33+,34-,36+/m0/s1. The summed E-state index contributed by atoms with van der Waals surface area (Å²) in [5.41, 5.74) is 6.35. The van der Waals surface area contributed by atoms with Crippen molar-refractivity contribution in [3.63, 3.8) is 0 Å². The number of ether oxygens (including phenoxy) is 2. The maximum Gasteiger partial charge on any atom is 0.407 e. The summed E-state index contributed by atoms with van der Waals surface area (Å²) in [5, 5.41) is 8.02. The first-order valence-electron chi connectivity index (χ1n) is 19.6. The Morgan fingerprint density at radius 1 is 0.915 bits per heavy atom. The molecule has 308 valence electrons. The number of nitrogens with zero attached hydrogens (tertiary/aromatic N) is 3. The number of alkyl carbamates (subject to hydrolysis) is 2. The lowest BCUT2D eigenvalue weighted by Gasteiger charge is -2.30. The number of benzene rings is 3. The summed E-state index contributed by atoms with van der Waals surface area (Å²) in [6.45, 7) is 4.06. The number of carbonyl (C=O) groups excluding carboxylic acids is 6. The first-order chi connectivity index (χ1) is 28.4. The molecule has 0 bridgehead atoms. The number of aromatic nitrogens is 2. The summed E-state index contributed by atoms with van der Waals surface area (Å²) in [6, 6.07) is 16.1. The maximum absolute atomic E-state index is 13.7. The van der Waals surface area contributed by atoms with E-state index in [-0.39, 0.29) is 36.6 Å². The highest BCUT2D eigenvalue weighted by Crippen LogP contribution is 2.41. The first-order valence-corrected chi connectivity index (χ1v) is 20.4. The van der Waals surface area contributed by atoms with E-state index in [0.29, 0.717) is 36.5 Å². The van der Waals surface area contributed by atoms with Crippen LogP contribution >= 0.6 is 15.9 Å². The number of hydrogen-bond acceptors (Lipinski definition) is 9. The number of carbonyl (C=O) groups is 6. The fourth-order valence-corrected chi connectivity index (χ4v) is 8.70. The number of H-pyrrole nitrogens is 1. The molecule has 5 amide bonds. The molecule has 59 heavy (non-hydrogen) atoms. The minimum Gasteiger partial charge on any atom is -0.453 e. The van der Waals surface area contributed by atoms with Crippen molar-refractivity contribution in [1.29, 1.82) is 0 Å². The van der Waals surface area contributed by atoms with E-state index in [1.54, 1.807) is 23.2 Å². The molecule has 0 aliphatic carbocycles. The molecule has 15 nitrogen and oxygen atoms in total. The molecule has 3 aromatic carbocycles. The molecule has 4 heterocycles. The molecule has 1 aromatic heterocycles. The molecule has 4 aromatic rings. The van der Waals surface area contributed by atoms with E-state index in [1.807, 2.05) is 62.4 Å². The van der Waals surface area contributed by atoms with Gasteiger partial charge in [-0.05, 0) is 71.6 Å². The minimum atomic E-state index is -0.891. The predicted molar refractivity (Wildman–Crippen MR) is 221 cm³/mol. The number of aromatic amines is 1. The van der Waals surface area contributed by atoms with Crippen LogP contribution in [0.1, 0.15) is 66.5 Å². The van der Waals surface area contributed by atoms with Gasteiger partial charge in [-0.2, -0.15) is 0 Å². The van der Waals surface area contributed by atoms with E-state index in [1.165, 1.54) is 19.1 Å². The average molecular weight is 869 g/mol. The number of nitrogens with one attached hydrogen (secondary N) is 4. The number of likely N-dealkylation sites (tertiary alicyclic amines) is 1. The second-order valence-electron chi connectivity index (χ2n) is 15.3. The van der Waals surface area contributed by atoms with Crippen molar-refractivity contribution in [2.45, 2.75) is 70.1 Å². The van der Waals surface area contributed by atoms with Gasteiger partial charge in [-0.25, -0.2) is 14.6 Å². The molecule has 16 heteroatoms. The smallest absolute Gasteiger partial charge is 0.407 e. The third-order valence-corrected chi connectivity index (χ3v) is 11.7. The predicted octanol–water partition coefficient (Wildman–Crippen LogP) is 5.48. The van der Waals surface area contributed by atoms with Crippen molar-refractivity contribution in [3.05, 3.63) is 93.8 Å². The van der Waals surface area contributed by atoms with Crippen LogP contribution in [-0.4, -0.2) is 96.0 Å². The van der Waals surface area contributed by atoms with Crippen molar-refractivity contribution in [2.24, 2.45) is 5.92 Å². The van der Waals surface area contributed by atoms with Gasteiger partial charge in [0, 0.05) is 23.0 Å². The van der Waals surface area contributed by atoms with Gasteiger partial charge in [-0.3, -0.25) is 24.1 Å². The molecule has 4 atom stereocenters. The van der Waals surface area contributed by atoms with Crippen molar-refractivity contribution in [3.8, 4) is 22.4 Å². The average Bonchev–Trinajstić information content (AvgIpc) is 4.00. The van der Waals surface area contributed by atoms with Crippen LogP contribution in [0.25, 0.3) is 22.4 Å². The monoisotopic (exact) mass is 867 g/mol. The van der Waals surface area contributed by atoms with Crippen LogP contribution in [0.15, 0.2) is 71.3 Å². The van der Waals surface area contributed by atoms with Crippen molar-refractivity contribution < 1.29 is 38.2 Å². The number of anilines is 1. The molecular formula is C43H46BrN7O8. The van der Waals surface area contributed by atoms with Gasteiger partial charge in [0.2, 0.25) is 17.7 Å². The number of aryl methyl sites for hydroxylation is 1. The number of halogens is 1. The van der Waals surface area contributed by atoms with Gasteiger partial charge in [-0.15, -0.1) is 0 Å². The number of imidazole rings is 1. The summed E-state index contributed by atoms with van der Waals surface area (Å²) in [6.07, 6.45) is 3.07. The zero-order chi connectivity index (χ0) is 42.0.